The minimum absolute atomic E-state index is 0.00835. The third-order valence-electron chi connectivity index (χ3n) is 21.2. The molecule has 0 unspecified atom stereocenters. The number of ether oxygens (including phenoxy) is 5. The van der Waals surface area contributed by atoms with Crippen LogP contribution in [-0.2, 0) is 19.5 Å². The van der Waals surface area contributed by atoms with E-state index in [9.17, 15) is 36.5 Å². The molecule has 1 amide bonds. The molecule has 19 nitrogen and oxygen atoms in total. The van der Waals surface area contributed by atoms with Crippen molar-refractivity contribution in [3.63, 3.8) is 0 Å². The number of piperazine rings is 1. The number of halogens is 3. The normalized spacial score (nSPS) is 28.0. The molecule has 2 bridgehead atoms. The molecule has 2 aromatic heterocycles. The van der Waals surface area contributed by atoms with E-state index in [2.05, 4.69) is 52.8 Å². The smallest absolute Gasteiger partial charge is 0.394 e. The standard InChI is InChI=1S/C63H76F3N9O10S/c1-39(2)84-53-6-4-3-5-45(53)52-35-71(38-60-13-16-62(17-14-60,18-15-60)63(64,65)66)24-25-73(52)43-33-61(34-43)19-22-72(23-20-61)42-7-8-46(49(30-42)74-48-12-28-82-37-55(48)85-59-51(74)29-41-9-21-67-57(41)69-59)58(76)70-86(79,80)44-31-50(75(77)78)56-54(32-44)83-36-47(68-56)40-10-26-81-27-11-40/h3-9,21,29-32,39-40,43,47-48,52,55,68H,10-20,22-28,33-38H2,1-2H3,(H,67,69)(H,70,76)/t47-,48-,52-,55-,60?,62?/m0/s1. The molecule has 4 saturated heterocycles. The Bertz CT molecular complexity index is 3500. The number of aromatic nitrogens is 2. The van der Waals surface area contributed by atoms with Gasteiger partial charge in [-0.3, -0.25) is 24.7 Å². The molecule has 4 saturated carbocycles. The van der Waals surface area contributed by atoms with E-state index in [-0.39, 0.29) is 90.5 Å². The molecule has 4 aliphatic carbocycles. The van der Waals surface area contributed by atoms with E-state index in [1.54, 1.807) is 12.3 Å². The fraction of sp³-hybridized carbons (Fsp3) is 0.587. The third-order valence-corrected chi connectivity index (χ3v) is 22.5. The van der Waals surface area contributed by atoms with E-state index in [0.717, 1.165) is 106 Å². The van der Waals surface area contributed by atoms with Crippen molar-refractivity contribution in [3.8, 4) is 17.4 Å². The first kappa shape index (κ1) is 57.4. The van der Waals surface area contributed by atoms with Gasteiger partial charge in [-0.25, -0.2) is 13.1 Å². The van der Waals surface area contributed by atoms with Gasteiger partial charge in [0.25, 0.3) is 21.6 Å². The molecule has 10 aliphatic rings. The van der Waals surface area contributed by atoms with Gasteiger partial charge in [0.15, 0.2) is 11.4 Å². The van der Waals surface area contributed by atoms with Gasteiger partial charge < -0.3 is 43.8 Å². The lowest BCUT2D eigenvalue weighted by molar-refractivity contribution is -0.384. The molecule has 5 aromatic rings. The average Bonchev–Trinajstić information content (AvgIpc) is 0.939. The van der Waals surface area contributed by atoms with Crippen molar-refractivity contribution in [2.24, 2.45) is 22.2 Å². The second kappa shape index (κ2) is 22.0. The number of hydrogen-bond acceptors (Lipinski definition) is 16. The van der Waals surface area contributed by atoms with Crippen LogP contribution in [-0.4, -0.2) is 148 Å². The zero-order chi connectivity index (χ0) is 59.3. The number of carbonyl (C=O) groups excluding carboxylic acids is 1. The fourth-order valence-corrected chi connectivity index (χ4v) is 17.3. The predicted molar refractivity (Wildman–Crippen MR) is 316 cm³/mol. The van der Waals surface area contributed by atoms with Gasteiger partial charge >= 0.3 is 6.18 Å². The molecule has 8 heterocycles. The van der Waals surface area contributed by atoms with Gasteiger partial charge in [0.1, 0.15) is 29.8 Å². The van der Waals surface area contributed by atoms with Gasteiger partial charge in [0.05, 0.1) is 57.3 Å². The summed E-state index contributed by atoms with van der Waals surface area (Å²) in [5.41, 5.74) is 1.91. The first-order chi connectivity index (χ1) is 41.3. The second-order valence-corrected chi connectivity index (χ2v) is 28.1. The fourth-order valence-electron chi connectivity index (χ4n) is 16.3. The lowest BCUT2D eigenvalue weighted by atomic mass is 9.53. The van der Waals surface area contributed by atoms with Crippen molar-refractivity contribution in [1.29, 1.82) is 0 Å². The van der Waals surface area contributed by atoms with Crippen LogP contribution in [0.2, 0.25) is 0 Å². The van der Waals surface area contributed by atoms with E-state index in [4.69, 9.17) is 28.7 Å². The topological polar surface area (TPSA) is 206 Å². The summed E-state index contributed by atoms with van der Waals surface area (Å²) < 4.78 is 105. The van der Waals surface area contributed by atoms with Gasteiger partial charge in [0.2, 0.25) is 5.88 Å². The Hall–Kier alpha value is -6.40. The Labute approximate surface area is 498 Å². The van der Waals surface area contributed by atoms with Crippen molar-refractivity contribution < 1.29 is 55.0 Å². The third kappa shape index (κ3) is 10.5. The zero-order valence-electron chi connectivity index (χ0n) is 48.7. The van der Waals surface area contributed by atoms with Gasteiger partial charge in [0, 0.05) is 100 Å². The molecule has 6 aliphatic heterocycles. The Kier molecular flexibility index (Phi) is 14.7. The van der Waals surface area contributed by atoms with Crippen LogP contribution < -0.4 is 34.0 Å². The highest BCUT2D eigenvalue weighted by molar-refractivity contribution is 7.90. The molecule has 8 fully saturated rings. The maximum Gasteiger partial charge on any atom is 0.394 e. The first-order valence-electron chi connectivity index (χ1n) is 30.9. The van der Waals surface area contributed by atoms with Gasteiger partial charge in [-0.2, -0.15) is 18.2 Å². The number of nitrogens with one attached hydrogen (secondary N) is 3. The Morgan fingerprint density at radius 2 is 1.65 bits per heavy atom. The van der Waals surface area contributed by atoms with Crippen LogP contribution in [0.4, 0.5) is 41.6 Å². The maximum absolute atomic E-state index is 15.0. The summed E-state index contributed by atoms with van der Waals surface area (Å²) in [4.78, 5) is 44.1. The van der Waals surface area contributed by atoms with E-state index in [1.807, 2.05) is 44.2 Å². The molecular formula is C63H76F3N9O10S. The minimum atomic E-state index is -4.74. The summed E-state index contributed by atoms with van der Waals surface area (Å²) in [5.74, 6) is 0.448. The van der Waals surface area contributed by atoms with Gasteiger partial charge in [-0.05, 0) is 150 Å². The van der Waals surface area contributed by atoms with Gasteiger partial charge in [-0.15, -0.1) is 0 Å². The van der Waals surface area contributed by atoms with Crippen LogP contribution in [0.25, 0.3) is 11.0 Å². The number of alkyl halides is 3. The highest BCUT2D eigenvalue weighted by atomic mass is 32.2. The number of nitro groups is 1. The lowest BCUT2D eigenvalue weighted by Crippen LogP contribution is -2.61. The van der Waals surface area contributed by atoms with Crippen molar-refractivity contribution in [1.82, 2.24) is 24.5 Å². The Morgan fingerprint density at radius 1 is 0.895 bits per heavy atom. The quantitative estimate of drug-likeness (QED) is 0.0740. The number of carbonyl (C=O) groups is 1. The number of piperidine rings is 1. The van der Waals surface area contributed by atoms with Crippen molar-refractivity contribution >= 4 is 55.4 Å². The number of pyridine rings is 1. The van der Waals surface area contributed by atoms with Crippen molar-refractivity contribution in [2.45, 2.75) is 145 Å². The van der Waals surface area contributed by atoms with E-state index < -0.39 is 49.1 Å². The molecule has 3 N–H and O–H groups in total. The second-order valence-electron chi connectivity index (χ2n) is 26.4. The number of nitrogens with zero attached hydrogens (tertiary/aromatic N) is 6. The summed E-state index contributed by atoms with van der Waals surface area (Å²) in [6.07, 6.45) is 5.75. The van der Waals surface area contributed by atoms with Crippen LogP contribution in [0, 0.1) is 32.3 Å². The number of aromatic amines is 1. The van der Waals surface area contributed by atoms with Crippen molar-refractivity contribution in [3.05, 3.63) is 94.2 Å². The number of H-pyrrole nitrogens is 1. The Morgan fingerprint density at radius 3 is 2.40 bits per heavy atom. The molecule has 3 aromatic carbocycles. The summed E-state index contributed by atoms with van der Waals surface area (Å²) in [7, 11) is -4.74. The van der Waals surface area contributed by atoms with E-state index >= 15 is 0 Å². The largest absolute Gasteiger partial charge is 0.491 e. The number of rotatable bonds is 13. The number of fused-ring (bicyclic) bond motifs is 7. The van der Waals surface area contributed by atoms with Crippen LogP contribution >= 0.6 is 0 Å². The van der Waals surface area contributed by atoms with E-state index in [0.29, 0.717) is 74.4 Å². The number of benzene rings is 3. The zero-order valence-corrected chi connectivity index (χ0v) is 49.6. The lowest BCUT2D eigenvalue weighted by Gasteiger charge is -2.59. The van der Waals surface area contributed by atoms with E-state index in [1.165, 1.54) is 6.07 Å². The highest BCUT2D eigenvalue weighted by Crippen LogP contribution is 2.63. The Balaban J connectivity index is 0.723. The maximum atomic E-state index is 15.0. The number of anilines is 4. The molecule has 23 heteroatoms. The number of nitro benzene ring substituents is 1. The number of para-hydroxylation sites is 1. The van der Waals surface area contributed by atoms with Crippen LogP contribution in [0.15, 0.2) is 77.8 Å². The molecular weight excluding hydrogens is 1130 g/mol. The number of amides is 1. The SMILES string of the molecule is CC(C)Oc1ccccc1[C@@H]1CN(CC23CCC(C(F)(F)F)(CC2)CC3)CCN1C1CC2(CCN(c3ccc(C(=O)NS(=O)(=O)c4cc5c(c([N+](=O)[O-])c4)N[C@H](C4CCOCC4)CO5)c(N4c5cc6cc[nH]c6nc5O[C@H]5COCC[C@@H]54)c3)CC2)C1. The van der Waals surface area contributed by atoms with Crippen LogP contribution in [0.1, 0.15) is 119 Å². The summed E-state index contributed by atoms with van der Waals surface area (Å²) in [6, 6.07) is 19.8. The molecule has 1 spiro atoms. The van der Waals surface area contributed by atoms with Crippen LogP contribution in [0.5, 0.6) is 17.4 Å². The molecule has 460 valence electrons. The van der Waals surface area contributed by atoms with Crippen LogP contribution in [0.3, 0.4) is 0 Å². The molecule has 4 atom stereocenters. The minimum Gasteiger partial charge on any atom is -0.491 e. The van der Waals surface area contributed by atoms with Gasteiger partial charge in [-0.1, -0.05) is 18.2 Å². The number of sulfonamides is 1. The summed E-state index contributed by atoms with van der Waals surface area (Å²) >= 11 is 0. The average molecular weight is 1210 g/mol. The number of hydrogen-bond donors (Lipinski definition) is 3. The first-order valence-corrected chi connectivity index (χ1v) is 32.4. The molecule has 15 rings (SSSR count). The monoisotopic (exact) mass is 1210 g/mol. The molecule has 86 heavy (non-hydrogen) atoms. The summed E-state index contributed by atoms with van der Waals surface area (Å²) in [5, 5.41) is 16.7. The highest BCUT2D eigenvalue weighted by Gasteiger charge is 2.62. The van der Waals surface area contributed by atoms with Crippen molar-refractivity contribution in [2.75, 3.05) is 87.4 Å². The molecule has 0 radical (unpaired) electrons. The predicted octanol–water partition coefficient (Wildman–Crippen LogP) is 10.7. The summed E-state index contributed by atoms with van der Waals surface area (Å²) in [6.45, 7) is 10.9.